The Kier molecular flexibility index (Phi) is 6.35. The van der Waals surface area contributed by atoms with Gasteiger partial charge in [0.25, 0.3) is 0 Å². The molecule has 0 amide bonds. The van der Waals surface area contributed by atoms with Crippen molar-refractivity contribution in [2.24, 2.45) is 0 Å². The van der Waals surface area contributed by atoms with Crippen molar-refractivity contribution in [3.8, 4) is 11.5 Å². The molecule has 8 heteroatoms. The Bertz CT molecular complexity index is 889. The largest absolute Gasteiger partial charge is 0.507 e. The zero-order valence-corrected chi connectivity index (χ0v) is 14.6. The molecule has 0 unspecified atom stereocenters. The first-order valence-electron chi connectivity index (χ1n) is 7.78. The molecule has 0 spiro atoms. The summed E-state index contributed by atoms with van der Waals surface area (Å²) in [4.78, 5) is 23.0. The van der Waals surface area contributed by atoms with E-state index in [1.165, 1.54) is 24.3 Å². The predicted molar refractivity (Wildman–Crippen MR) is 93.3 cm³/mol. The van der Waals surface area contributed by atoms with E-state index in [0.717, 1.165) is 6.07 Å². The molecule has 26 heavy (non-hydrogen) atoms. The topological polar surface area (TPSA) is 118 Å². The number of ketones is 1. The van der Waals surface area contributed by atoms with Crippen LogP contribution in [-0.2, 0) is 14.6 Å². The molecular weight excluding hydrogens is 360 g/mol. The molecule has 0 aliphatic rings. The summed E-state index contributed by atoms with van der Waals surface area (Å²) >= 11 is 0. The zero-order valence-electron chi connectivity index (χ0n) is 13.8. The van der Waals surface area contributed by atoms with Crippen LogP contribution in [0.1, 0.15) is 23.2 Å². The van der Waals surface area contributed by atoms with Crippen LogP contribution >= 0.6 is 0 Å². The molecular formula is C18H18O7S. The maximum atomic E-state index is 12.1. The van der Waals surface area contributed by atoms with Crippen molar-refractivity contribution in [2.45, 2.75) is 17.7 Å². The van der Waals surface area contributed by atoms with Gasteiger partial charge in [0.05, 0.1) is 17.3 Å². The lowest BCUT2D eigenvalue weighted by Crippen LogP contribution is -2.13. The van der Waals surface area contributed by atoms with Crippen molar-refractivity contribution >= 4 is 21.6 Å². The Balaban J connectivity index is 1.83. The third-order valence-electron chi connectivity index (χ3n) is 3.60. The normalized spacial score (nSPS) is 11.1. The first-order chi connectivity index (χ1) is 12.3. The predicted octanol–water partition coefficient (Wildman–Crippen LogP) is 2.29. The van der Waals surface area contributed by atoms with E-state index in [4.69, 9.17) is 9.84 Å². The van der Waals surface area contributed by atoms with Crippen LogP contribution in [0.25, 0.3) is 0 Å². The van der Waals surface area contributed by atoms with Gasteiger partial charge in [-0.3, -0.25) is 4.79 Å². The molecule has 0 atom stereocenters. The number of carbonyl (C=O) groups is 2. The second-order valence-corrected chi connectivity index (χ2v) is 7.61. The van der Waals surface area contributed by atoms with Gasteiger partial charge >= 0.3 is 5.97 Å². The SMILES string of the molecule is O=C(CCOc1ccc(O)c(C(=O)O)c1)CCS(=O)(=O)c1ccccc1. The minimum absolute atomic E-state index is 0.00636. The molecule has 2 aromatic carbocycles. The Hall–Kier alpha value is -2.87. The number of benzene rings is 2. The molecule has 0 aliphatic heterocycles. The van der Waals surface area contributed by atoms with Gasteiger partial charge in [-0.2, -0.15) is 0 Å². The van der Waals surface area contributed by atoms with Crippen LogP contribution in [0.5, 0.6) is 11.5 Å². The molecule has 7 nitrogen and oxygen atoms in total. The van der Waals surface area contributed by atoms with E-state index in [2.05, 4.69) is 0 Å². The van der Waals surface area contributed by atoms with Crippen LogP contribution in [0.4, 0.5) is 0 Å². The average Bonchev–Trinajstić information content (AvgIpc) is 2.62. The number of sulfone groups is 1. The molecule has 138 valence electrons. The first-order valence-corrected chi connectivity index (χ1v) is 9.43. The van der Waals surface area contributed by atoms with Gasteiger partial charge in [-0.15, -0.1) is 0 Å². The summed E-state index contributed by atoms with van der Waals surface area (Å²) < 4.78 is 29.5. The molecule has 0 fully saturated rings. The summed E-state index contributed by atoms with van der Waals surface area (Å²) in [6, 6.07) is 11.6. The molecule has 2 aromatic rings. The van der Waals surface area contributed by atoms with E-state index in [1.807, 2.05) is 0 Å². The fourth-order valence-electron chi connectivity index (χ4n) is 2.18. The lowest BCUT2D eigenvalue weighted by Gasteiger charge is -2.08. The fourth-order valence-corrected chi connectivity index (χ4v) is 3.48. The van der Waals surface area contributed by atoms with Gasteiger partial charge in [0.2, 0.25) is 0 Å². The summed E-state index contributed by atoms with van der Waals surface area (Å²) in [5, 5.41) is 18.3. The van der Waals surface area contributed by atoms with E-state index in [-0.39, 0.29) is 52.9 Å². The number of carboxylic acids is 1. The molecule has 0 saturated carbocycles. The number of ether oxygens (including phenoxy) is 1. The van der Waals surface area contributed by atoms with Gasteiger partial charge in [-0.05, 0) is 30.3 Å². The zero-order chi connectivity index (χ0) is 19.2. The highest BCUT2D eigenvalue weighted by Gasteiger charge is 2.16. The number of Topliss-reactive ketones (excluding diaryl/α,β-unsaturated/α-hetero) is 1. The number of carboxylic acid groups (broad SMARTS) is 1. The Morgan fingerprint density at radius 3 is 2.35 bits per heavy atom. The number of aromatic carboxylic acids is 1. The Morgan fingerprint density at radius 1 is 1.00 bits per heavy atom. The van der Waals surface area contributed by atoms with Crippen LogP contribution in [0.15, 0.2) is 53.4 Å². The summed E-state index contributed by atoms with van der Waals surface area (Å²) in [6.07, 6.45) is -0.135. The second kappa shape index (κ2) is 8.48. The Labute approximate surface area is 150 Å². The minimum Gasteiger partial charge on any atom is -0.507 e. The van der Waals surface area contributed by atoms with E-state index in [0.29, 0.717) is 0 Å². The number of hydrogen-bond donors (Lipinski definition) is 2. The van der Waals surface area contributed by atoms with Gasteiger partial charge in [0, 0.05) is 12.8 Å². The van der Waals surface area contributed by atoms with Gasteiger partial charge < -0.3 is 14.9 Å². The molecule has 2 N–H and O–H groups in total. The molecule has 0 saturated heterocycles. The average molecular weight is 378 g/mol. The molecule has 0 aromatic heterocycles. The number of aromatic hydroxyl groups is 1. The fraction of sp³-hybridized carbons (Fsp3) is 0.222. The maximum Gasteiger partial charge on any atom is 0.339 e. The monoisotopic (exact) mass is 378 g/mol. The number of hydrogen-bond acceptors (Lipinski definition) is 6. The molecule has 0 heterocycles. The van der Waals surface area contributed by atoms with Crippen molar-refractivity contribution in [3.05, 3.63) is 54.1 Å². The Morgan fingerprint density at radius 2 is 1.69 bits per heavy atom. The van der Waals surface area contributed by atoms with Gasteiger partial charge in [0.15, 0.2) is 9.84 Å². The van der Waals surface area contributed by atoms with Gasteiger partial charge in [0.1, 0.15) is 22.8 Å². The standard InChI is InChI=1S/C18H18O7S/c19-13(9-11-26(23,24)15-4-2-1-3-5-15)8-10-25-14-6-7-17(20)16(12-14)18(21)22/h1-7,12,20H,8-11H2,(H,21,22). The van der Waals surface area contributed by atoms with Crippen LogP contribution in [0.3, 0.4) is 0 Å². The molecule has 0 aliphatic carbocycles. The lowest BCUT2D eigenvalue weighted by atomic mass is 10.2. The van der Waals surface area contributed by atoms with E-state index in [9.17, 15) is 23.1 Å². The number of carbonyl (C=O) groups excluding carboxylic acids is 1. The van der Waals surface area contributed by atoms with E-state index >= 15 is 0 Å². The smallest absolute Gasteiger partial charge is 0.339 e. The van der Waals surface area contributed by atoms with Crippen LogP contribution < -0.4 is 4.74 Å². The van der Waals surface area contributed by atoms with Crippen molar-refractivity contribution in [1.82, 2.24) is 0 Å². The van der Waals surface area contributed by atoms with Crippen molar-refractivity contribution in [2.75, 3.05) is 12.4 Å². The number of rotatable bonds is 9. The van der Waals surface area contributed by atoms with Crippen LogP contribution in [0.2, 0.25) is 0 Å². The summed E-state index contributed by atoms with van der Waals surface area (Å²) in [5.74, 6) is -2.04. The van der Waals surface area contributed by atoms with Crippen molar-refractivity contribution in [3.63, 3.8) is 0 Å². The van der Waals surface area contributed by atoms with Crippen molar-refractivity contribution < 1.29 is 33.0 Å². The highest BCUT2D eigenvalue weighted by Crippen LogP contribution is 2.23. The summed E-state index contributed by atoms with van der Waals surface area (Å²) in [6.45, 7) is -0.0198. The number of phenols is 1. The molecule has 0 radical (unpaired) electrons. The molecule has 0 bridgehead atoms. The maximum absolute atomic E-state index is 12.1. The van der Waals surface area contributed by atoms with Crippen LogP contribution in [-0.4, -0.2) is 42.7 Å². The third kappa shape index (κ3) is 5.32. The van der Waals surface area contributed by atoms with Crippen LogP contribution in [0, 0.1) is 0 Å². The lowest BCUT2D eigenvalue weighted by molar-refractivity contribution is -0.119. The van der Waals surface area contributed by atoms with E-state index < -0.39 is 15.8 Å². The third-order valence-corrected chi connectivity index (χ3v) is 5.33. The van der Waals surface area contributed by atoms with Gasteiger partial charge in [-0.1, -0.05) is 18.2 Å². The first kappa shape index (κ1) is 19.5. The quantitative estimate of drug-likeness (QED) is 0.687. The second-order valence-electron chi connectivity index (χ2n) is 5.50. The minimum atomic E-state index is -3.51. The van der Waals surface area contributed by atoms with E-state index in [1.54, 1.807) is 18.2 Å². The summed E-state index contributed by atoms with van der Waals surface area (Å²) in [5.41, 5.74) is -0.303. The van der Waals surface area contributed by atoms with Gasteiger partial charge in [-0.25, -0.2) is 13.2 Å². The summed E-state index contributed by atoms with van der Waals surface area (Å²) in [7, 11) is -3.51. The molecule has 2 rings (SSSR count). The van der Waals surface area contributed by atoms with Crippen molar-refractivity contribution in [1.29, 1.82) is 0 Å². The highest BCUT2D eigenvalue weighted by atomic mass is 32.2. The highest BCUT2D eigenvalue weighted by molar-refractivity contribution is 7.91.